The number of ether oxygens (including phenoxy) is 1. The summed E-state index contributed by atoms with van der Waals surface area (Å²) in [6.07, 6.45) is -4.62. The van der Waals surface area contributed by atoms with Gasteiger partial charge in [0, 0.05) is 24.3 Å². The number of carbonyl (C=O) groups is 2. The van der Waals surface area contributed by atoms with Crippen LogP contribution in [0.25, 0.3) is 5.69 Å². The minimum atomic E-state index is -4.62. The van der Waals surface area contributed by atoms with Crippen molar-refractivity contribution in [3.05, 3.63) is 89.7 Å². The Morgan fingerprint density at radius 1 is 0.957 bits per heavy atom. The van der Waals surface area contributed by atoms with E-state index >= 15 is 0 Å². The molecular weight excluding hydrogens is 658 g/mol. The molecule has 0 atom stereocenters. The number of alkyl halides is 3. The fourth-order valence-corrected chi connectivity index (χ4v) is 6.70. The fourth-order valence-electron chi connectivity index (χ4n) is 4.47. The standard InChI is InChI=1S/C31H33F3N6O5S2/c1-4-39(5-2)47(43,44)26-16-10-21(11-17-26)29(42)35-19-27-37-38-30(40(27)24-9-7-8-22(18-24)31(32,33)34)46-20-28(41)36-23-12-14-25(15-13-23)45-6-3/h7-18H,4-6,19-20H2,1-3H3,(H,35,42)(H,36,41). The number of hydrogen-bond acceptors (Lipinski definition) is 8. The minimum absolute atomic E-state index is 0.0373. The van der Waals surface area contributed by atoms with E-state index in [0.29, 0.717) is 31.1 Å². The van der Waals surface area contributed by atoms with Crippen molar-refractivity contribution in [2.24, 2.45) is 0 Å². The van der Waals surface area contributed by atoms with Gasteiger partial charge in [-0.1, -0.05) is 31.7 Å². The summed E-state index contributed by atoms with van der Waals surface area (Å²) in [5.74, 6) is -0.348. The summed E-state index contributed by atoms with van der Waals surface area (Å²) in [6.45, 7) is 6.15. The number of nitrogens with zero attached hydrogens (tertiary/aromatic N) is 4. The maximum atomic E-state index is 13.6. The number of nitrogens with one attached hydrogen (secondary N) is 2. The Bertz CT molecular complexity index is 1790. The Labute approximate surface area is 274 Å². The van der Waals surface area contributed by atoms with Gasteiger partial charge in [0.1, 0.15) is 5.75 Å². The number of anilines is 1. The number of rotatable bonds is 14. The number of thioether (sulfide) groups is 1. The van der Waals surface area contributed by atoms with Crippen LogP contribution in [0.4, 0.5) is 18.9 Å². The molecule has 0 aliphatic heterocycles. The van der Waals surface area contributed by atoms with Gasteiger partial charge < -0.3 is 15.4 Å². The zero-order valence-corrected chi connectivity index (χ0v) is 27.4. The van der Waals surface area contributed by atoms with Gasteiger partial charge in [-0.05, 0) is 73.7 Å². The summed E-state index contributed by atoms with van der Waals surface area (Å²) >= 11 is 0.953. The highest BCUT2D eigenvalue weighted by atomic mass is 32.2. The summed E-state index contributed by atoms with van der Waals surface area (Å²) in [6, 6.07) is 16.7. The summed E-state index contributed by atoms with van der Waals surface area (Å²) < 4.78 is 74.3. The fraction of sp³-hybridized carbons (Fsp3) is 0.290. The molecule has 16 heteroatoms. The summed E-state index contributed by atoms with van der Waals surface area (Å²) in [5.41, 5.74) is -0.133. The van der Waals surface area contributed by atoms with Crippen molar-refractivity contribution in [2.75, 3.05) is 30.8 Å². The third kappa shape index (κ3) is 8.90. The minimum Gasteiger partial charge on any atom is -0.494 e. The van der Waals surface area contributed by atoms with Gasteiger partial charge in [0.15, 0.2) is 11.0 Å². The number of aromatic nitrogens is 3. The van der Waals surface area contributed by atoms with E-state index < -0.39 is 27.7 Å². The van der Waals surface area contributed by atoms with Crippen LogP contribution in [0.2, 0.25) is 0 Å². The molecule has 0 radical (unpaired) electrons. The molecule has 0 aliphatic rings. The van der Waals surface area contributed by atoms with E-state index in [1.807, 2.05) is 6.92 Å². The molecule has 2 N–H and O–H groups in total. The number of hydrogen-bond donors (Lipinski definition) is 2. The van der Waals surface area contributed by atoms with Crippen LogP contribution in [0.15, 0.2) is 82.8 Å². The van der Waals surface area contributed by atoms with Gasteiger partial charge in [-0.15, -0.1) is 10.2 Å². The number of halogens is 3. The first kappa shape index (κ1) is 35.4. The second kappa shape index (κ2) is 15.5. The average molecular weight is 691 g/mol. The Morgan fingerprint density at radius 2 is 1.64 bits per heavy atom. The lowest BCUT2D eigenvalue weighted by molar-refractivity contribution is -0.137. The number of sulfonamides is 1. The first-order valence-electron chi connectivity index (χ1n) is 14.5. The lowest BCUT2D eigenvalue weighted by atomic mass is 10.2. The zero-order chi connectivity index (χ0) is 34.2. The molecule has 1 aromatic heterocycles. The van der Waals surface area contributed by atoms with Crippen LogP contribution >= 0.6 is 11.8 Å². The second-order valence-corrected chi connectivity index (χ2v) is 12.8. The van der Waals surface area contributed by atoms with Crippen molar-refractivity contribution in [3.63, 3.8) is 0 Å². The first-order chi connectivity index (χ1) is 22.4. The largest absolute Gasteiger partial charge is 0.494 e. The normalized spacial score (nSPS) is 11.8. The number of amides is 2. The van der Waals surface area contributed by atoms with E-state index in [9.17, 15) is 31.2 Å². The summed E-state index contributed by atoms with van der Waals surface area (Å²) in [4.78, 5) is 25.7. The quantitative estimate of drug-likeness (QED) is 0.169. The smallest absolute Gasteiger partial charge is 0.416 e. The Balaban J connectivity index is 1.52. The van der Waals surface area contributed by atoms with E-state index in [1.54, 1.807) is 38.1 Å². The SMILES string of the molecule is CCOc1ccc(NC(=O)CSc2nnc(CNC(=O)c3ccc(S(=O)(=O)N(CC)CC)cc3)n2-c2cccc(C(F)(F)F)c2)cc1. The molecule has 0 saturated heterocycles. The van der Waals surface area contributed by atoms with Crippen molar-refractivity contribution in [1.82, 2.24) is 24.4 Å². The van der Waals surface area contributed by atoms with Gasteiger partial charge in [-0.25, -0.2) is 8.42 Å². The van der Waals surface area contributed by atoms with Crippen LogP contribution in [-0.2, 0) is 27.5 Å². The van der Waals surface area contributed by atoms with E-state index in [4.69, 9.17) is 4.74 Å². The topological polar surface area (TPSA) is 136 Å². The van der Waals surface area contributed by atoms with Crippen molar-refractivity contribution in [1.29, 1.82) is 0 Å². The molecule has 11 nitrogen and oxygen atoms in total. The summed E-state index contributed by atoms with van der Waals surface area (Å²) in [7, 11) is -3.72. The molecule has 3 aromatic carbocycles. The molecule has 0 fully saturated rings. The summed E-state index contributed by atoms with van der Waals surface area (Å²) in [5, 5.41) is 13.7. The molecule has 0 spiro atoms. The molecule has 1 heterocycles. The lowest BCUT2D eigenvalue weighted by Gasteiger charge is -2.18. The molecule has 2 amide bonds. The molecule has 0 bridgehead atoms. The first-order valence-corrected chi connectivity index (χ1v) is 17.0. The number of carbonyl (C=O) groups excluding carboxylic acids is 2. The van der Waals surface area contributed by atoms with Gasteiger partial charge >= 0.3 is 6.18 Å². The van der Waals surface area contributed by atoms with Crippen LogP contribution in [0.1, 0.15) is 42.5 Å². The molecule has 250 valence electrons. The number of benzene rings is 3. The predicted octanol–water partition coefficient (Wildman–Crippen LogP) is 5.38. The zero-order valence-electron chi connectivity index (χ0n) is 25.7. The Kier molecular flexibility index (Phi) is 11.7. The van der Waals surface area contributed by atoms with Crippen molar-refractivity contribution in [2.45, 2.75) is 43.5 Å². The Morgan fingerprint density at radius 3 is 2.26 bits per heavy atom. The van der Waals surface area contributed by atoms with E-state index in [2.05, 4.69) is 20.8 Å². The monoisotopic (exact) mass is 690 g/mol. The molecule has 0 unspecified atom stereocenters. The van der Waals surface area contributed by atoms with Gasteiger partial charge in [0.2, 0.25) is 15.9 Å². The Hall–Kier alpha value is -4.41. The molecular formula is C31H33F3N6O5S2. The van der Waals surface area contributed by atoms with E-state index in [0.717, 1.165) is 23.9 Å². The third-order valence-corrected chi connectivity index (χ3v) is 9.77. The predicted molar refractivity (Wildman–Crippen MR) is 171 cm³/mol. The van der Waals surface area contributed by atoms with Gasteiger partial charge in [-0.3, -0.25) is 14.2 Å². The van der Waals surface area contributed by atoms with Crippen LogP contribution in [0, 0.1) is 0 Å². The highest BCUT2D eigenvalue weighted by Crippen LogP contribution is 2.32. The molecule has 4 aromatic rings. The van der Waals surface area contributed by atoms with E-state index in [1.165, 1.54) is 45.3 Å². The van der Waals surface area contributed by atoms with Crippen molar-refractivity contribution in [3.8, 4) is 11.4 Å². The lowest BCUT2D eigenvalue weighted by Crippen LogP contribution is -2.30. The second-order valence-electron chi connectivity index (χ2n) is 9.87. The van der Waals surface area contributed by atoms with Crippen LogP contribution in [0.3, 0.4) is 0 Å². The van der Waals surface area contributed by atoms with Crippen molar-refractivity contribution < 1.29 is 35.9 Å². The van der Waals surface area contributed by atoms with Gasteiger partial charge in [0.25, 0.3) is 5.91 Å². The molecule has 0 saturated carbocycles. The molecule has 4 rings (SSSR count). The maximum Gasteiger partial charge on any atom is 0.416 e. The molecule has 0 aliphatic carbocycles. The maximum absolute atomic E-state index is 13.6. The highest BCUT2D eigenvalue weighted by molar-refractivity contribution is 7.99. The molecule has 47 heavy (non-hydrogen) atoms. The van der Waals surface area contributed by atoms with Crippen molar-refractivity contribution >= 4 is 39.3 Å². The van der Waals surface area contributed by atoms with Crippen LogP contribution in [-0.4, -0.2) is 64.8 Å². The van der Waals surface area contributed by atoms with Crippen LogP contribution < -0.4 is 15.4 Å². The third-order valence-electron chi connectivity index (χ3n) is 6.78. The van der Waals surface area contributed by atoms with Crippen LogP contribution in [0.5, 0.6) is 5.75 Å². The van der Waals surface area contributed by atoms with Gasteiger partial charge in [0.05, 0.1) is 35.1 Å². The highest BCUT2D eigenvalue weighted by Gasteiger charge is 2.31. The average Bonchev–Trinajstić information content (AvgIpc) is 3.46. The van der Waals surface area contributed by atoms with Gasteiger partial charge in [-0.2, -0.15) is 17.5 Å². The van der Waals surface area contributed by atoms with E-state index in [-0.39, 0.29) is 45.3 Å².